The van der Waals surface area contributed by atoms with Gasteiger partial charge in [-0.2, -0.15) is 5.26 Å². The summed E-state index contributed by atoms with van der Waals surface area (Å²) in [6.07, 6.45) is 15.4. The molecule has 2 fully saturated rings. The average Bonchev–Trinajstić information content (AvgIpc) is 2.78. The fraction of sp³-hybridized carbons (Fsp3) is 0.607. The number of nitrogens with zero attached hydrogens (tertiary/aromatic N) is 1. The third kappa shape index (κ3) is 4.79. The lowest BCUT2D eigenvalue weighted by atomic mass is 9.63. The highest BCUT2D eigenvalue weighted by molar-refractivity contribution is 5.86. The van der Waals surface area contributed by atoms with Gasteiger partial charge in [-0.3, -0.25) is 0 Å². The molecule has 0 aromatic heterocycles. The molecule has 2 saturated carbocycles. The van der Waals surface area contributed by atoms with E-state index in [4.69, 9.17) is 0 Å². The molecule has 0 spiro atoms. The van der Waals surface area contributed by atoms with Crippen LogP contribution in [-0.2, 0) is 0 Å². The first kappa shape index (κ1) is 22.3. The molecule has 4 unspecified atom stereocenters. The minimum Gasteiger partial charge on any atom is -0.206 e. The predicted octanol–water partition coefficient (Wildman–Crippen LogP) is 8.65. The summed E-state index contributed by atoms with van der Waals surface area (Å²) in [6.45, 7) is 2.27. The Morgan fingerprint density at radius 3 is 2.55 bits per heavy atom. The van der Waals surface area contributed by atoms with E-state index in [1.165, 1.54) is 70.3 Å². The van der Waals surface area contributed by atoms with Gasteiger partial charge in [0.2, 0.25) is 0 Å². The Kier molecular flexibility index (Phi) is 7.26. The van der Waals surface area contributed by atoms with Crippen molar-refractivity contribution in [1.29, 1.82) is 5.26 Å². The third-order valence-electron chi connectivity index (χ3n) is 8.07. The van der Waals surface area contributed by atoms with Crippen molar-refractivity contribution in [2.45, 2.75) is 89.9 Å². The van der Waals surface area contributed by atoms with Crippen LogP contribution in [0.5, 0.6) is 0 Å². The van der Waals surface area contributed by atoms with Gasteiger partial charge >= 0.3 is 0 Å². The zero-order valence-corrected chi connectivity index (χ0v) is 18.8. The first-order valence-electron chi connectivity index (χ1n) is 12.4. The minimum atomic E-state index is -0.679. The second-order valence-corrected chi connectivity index (χ2v) is 10.0. The van der Waals surface area contributed by atoms with E-state index in [2.05, 4.69) is 13.0 Å². The van der Waals surface area contributed by atoms with Crippen molar-refractivity contribution < 1.29 is 8.78 Å². The van der Waals surface area contributed by atoms with E-state index in [9.17, 15) is 9.65 Å². The van der Waals surface area contributed by atoms with Gasteiger partial charge in [0, 0.05) is 0 Å². The molecule has 0 heterocycles. The van der Waals surface area contributed by atoms with Crippen molar-refractivity contribution in [2.75, 3.05) is 0 Å². The molecule has 0 aliphatic heterocycles. The van der Waals surface area contributed by atoms with Crippen LogP contribution in [0.1, 0.15) is 101 Å². The molecule has 2 aliphatic carbocycles. The molecular formula is C28H35F2N. The SMILES string of the molecule is CCCCCCCC1CCC2CC(c3cc4cccc(F)c4c(F)c3C#N)CCC2C1. The second kappa shape index (κ2) is 10.1. The van der Waals surface area contributed by atoms with E-state index in [0.717, 1.165) is 30.2 Å². The topological polar surface area (TPSA) is 23.8 Å². The van der Waals surface area contributed by atoms with E-state index in [1.807, 2.05) is 6.07 Å². The maximum Gasteiger partial charge on any atom is 0.152 e. The van der Waals surface area contributed by atoms with Crippen molar-refractivity contribution in [3.63, 3.8) is 0 Å². The second-order valence-electron chi connectivity index (χ2n) is 10.0. The van der Waals surface area contributed by atoms with Crippen molar-refractivity contribution in [3.05, 3.63) is 47.0 Å². The number of fused-ring (bicyclic) bond motifs is 2. The summed E-state index contributed by atoms with van der Waals surface area (Å²) in [4.78, 5) is 0. The monoisotopic (exact) mass is 423 g/mol. The van der Waals surface area contributed by atoms with Gasteiger partial charge in [0.1, 0.15) is 11.9 Å². The molecule has 2 aromatic carbocycles. The Hall–Kier alpha value is -1.95. The van der Waals surface area contributed by atoms with Gasteiger partial charge in [-0.15, -0.1) is 0 Å². The van der Waals surface area contributed by atoms with Crippen molar-refractivity contribution in [1.82, 2.24) is 0 Å². The lowest BCUT2D eigenvalue weighted by Gasteiger charge is -2.42. The Labute approximate surface area is 185 Å². The lowest BCUT2D eigenvalue weighted by molar-refractivity contribution is 0.113. The van der Waals surface area contributed by atoms with Gasteiger partial charge in [0.05, 0.1) is 10.9 Å². The van der Waals surface area contributed by atoms with E-state index in [-0.39, 0.29) is 16.9 Å². The molecular weight excluding hydrogens is 388 g/mol. The zero-order valence-electron chi connectivity index (χ0n) is 18.8. The Bertz CT molecular complexity index is 944. The summed E-state index contributed by atoms with van der Waals surface area (Å²) in [5.41, 5.74) is 0.858. The van der Waals surface area contributed by atoms with Crippen LogP contribution in [0.2, 0.25) is 0 Å². The van der Waals surface area contributed by atoms with Crippen LogP contribution in [0, 0.1) is 40.7 Å². The molecule has 3 heteroatoms. The zero-order chi connectivity index (χ0) is 21.8. The Morgan fingerprint density at radius 2 is 1.74 bits per heavy atom. The van der Waals surface area contributed by atoms with Crippen molar-refractivity contribution >= 4 is 10.8 Å². The highest BCUT2D eigenvalue weighted by Gasteiger charge is 2.37. The van der Waals surface area contributed by atoms with Crippen LogP contribution in [0.25, 0.3) is 10.8 Å². The summed E-state index contributed by atoms with van der Waals surface area (Å²) >= 11 is 0. The van der Waals surface area contributed by atoms with Crippen LogP contribution >= 0.6 is 0 Å². The molecule has 4 rings (SSSR count). The standard InChI is InChI=1S/C28H35F2N/c1-2-3-4-5-6-8-19-11-12-21-16-22(14-13-20(21)15-19)24-17-23-9-7-10-26(29)27(23)28(30)25(24)18-31/h7,9-10,17,19-22H,2-6,8,11-16H2,1H3. The molecule has 0 bridgehead atoms. The largest absolute Gasteiger partial charge is 0.206 e. The Balaban J connectivity index is 1.43. The first-order valence-corrected chi connectivity index (χ1v) is 12.4. The van der Waals surface area contributed by atoms with E-state index < -0.39 is 11.6 Å². The van der Waals surface area contributed by atoms with Crippen LogP contribution in [0.3, 0.4) is 0 Å². The predicted molar refractivity (Wildman–Crippen MR) is 123 cm³/mol. The quantitative estimate of drug-likeness (QED) is 0.409. The summed E-state index contributed by atoms with van der Waals surface area (Å²) in [7, 11) is 0. The Morgan fingerprint density at radius 1 is 0.968 bits per heavy atom. The molecule has 2 aromatic rings. The number of rotatable bonds is 7. The van der Waals surface area contributed by atoms with Crippen LogP contribution in [-0.4, -0.2) is 0 Å². The number of benzene rings is 2. The fourth-order valence-corrected chi connectivity index (χ4v) is 6.39. The van der Waals surface area contributed by atoms with Crippen molar-refractivity contribution in [2.24, 2.45) is 17.8 Å². The average molecular weight is 424 g/mol. The fourth-order valence-electron chi connectivity index (χ4n) is 6.39. The normalized spacial score (nSPS) is 25.9. The summed E-state index contributed by atoms with van der Waals surface area (Å²) < 4.78 is 29.3. The van der Waals surface area contributed by atoms with Gasteiger partial charge in [-0.1, -0.05) is 64.0 Å². The molecule has 166 valence electrons. The van der Waals surface area contributed by atoms with Gasteiger partial charge < -0.3 is 0 Å². The maximum absolute atomic E-state index is 15.1. The smallest absolute Gasteiger partial charge is 0.152 e. The van der Waals surface area contributed by atoms with Gasteiger partial charge in [-0.05, 0) is 78.9 Å². The number of hydrogen-bond donors (Lipinski definition) is 0. The third-order valence-corrected chi connectivity index (χ3v) is 8.07. The van der Waals surface area contributed by atoms with Crippen LogP contribution in [0.4, 0.5) is 8.78 Å². The highest BCUT2D eigenvalue weighted by Crippen LogP contribution is 2.49. The summed E-state index contributed by atoms with van der Waals surface area (Å²) in [5, 5.41) is 10.2. The van der Waals surface area contributed by atoms with E-state index >= 15 is 4.39 Å². The van der Waals surface area contributed by atoms with E-state index in [0.29, 0.717) is 11.3 Å². The van der Waals surface area contributed by atoms with Gasteiger partial charge in [-0.25, -0.2) is 8.78 Å². The van der Waals surface area contributed by atoms with Crippen molar-refractivity contribution in [3.8, 4) is 6.07 Å². The maximum atomic E-state index is 15.1. The van der Waals surface area contributed by atoms with Crippen LogP contribution in [0.15, 0.2) is 24.3 Å². The number of halogens is 2. The molecule has 4 atom stereocenters. The lowest BCUT2D eigenvalue weighted by Crippen LogP contribution is -2.30. The highest BCUT2D eigenvalue weighted by atomic mass is 19.1. The van der Waals surface area contributed by atoms with E-state index in [1.54, 1.807) is 12.1 Å². The minimum absolute atomic E-state index is 0.0454. The van der Waals surface area contributed by atoms with Gasteiger partial charge in [0.15, 0.2) is 5.82 Å². The molecule has 0 N–H and O–H groups in total. The molecule has 2 aliphatic rings. The number of nitriles is 1. The molecule has 0 amide bonds. The summed E-state index contributed by atoms with van der Waals surface area (Å²) in [5.74, 6) is 1.31. The molecule has 1 nitrogen and oxygen atoms in total. The van der Waals surface area contributed by atoms with Crippen LogP contribution < -0.4 is 0 Å². The number of hydrogen-bond acceptors (Lipinski definition) is 1. The summed E-state index contributed by atoms with van der Waals surface area (Å²) in [6, 6.07) is 8.57. The molecule has 31 heavy (non-hydrogen) atoms. The van der Waals surface area contributed by atoms with Gasteiger partial charge in [0.25, 0.3) is 0 Å². The molecule has 0 radical (unpaired) electrons. The first-order chi connectivity index (χ1) is 15.1. The molecule has 0 saturated heterocycles. The number of unbranched alkanes of at least 4 members (excludes halogenated alkanes) is 4.